The molecule has 42 heavy (non-hydrogen) atoms. The second-order valence-electron chi connectivity index (χ2n) is 8.22. The van der Waals surface area contributed by atoms with Gasteiger partial charge < -0.3 is 27.5 Å². The molecule has 17 heteroatoms. The molecule has 0 aliphatic carbocycles. The molecule has 0 saturated carbocycles. The van der Waals surface area contributed by atoms with Gasteiger partial charge in [0.05, 0.1) is 10.1 Å². The summed E-state index contributed by atoms with van der Waals surface area (Å²) in [6, 6.07) is -1.30. The molecule has 4 unspecified atom stereocenters. The number of aromatic amines is 2. The van der Waals surface area contributed by atoms with Gasteiger partial charge >= 0.3 is 68.2 Å². The van der Waals surface area contributed by atoms with Crippen LogP contribution in [0, 0.1) is 0 Å². The number of rotatable bonds is 1. The zero-order chi connectivity index (χ0) is 29.6. The van der Waals surface area contributed by atoms with Crippen LogP contribution in [0.15, 0.2) is 25.1 Å². The molecular formula is C25H52I3N6O5S3-. The summed E-state index contributed by atoms with van der Waals surface area (Å²) in [7, 11) is 0. The molecule has 1 saturated heterocycles. The quantitative estimate of drug-likeness (QED) is 0.229. The molecule has 11 nitrogen and oxygen atoms in total. The van der Waals surface area contributed by atoms with Gasteiger partial charge in [0.15, 0.2) is 0 Å². The summed E-state index contributed by atoms with van der Waals surface area (Å²) in [6.07, 6.45) is 2.48. The van der Waals surface area contributed by atoms with Gasteiger partial charge in [0.1, 0.15) is 5.78 Å². The van der Waals surface area contributed by atoms with Gasteiger partial charge in [0.2, 0.25) is 0 Å². The van der Waals surface area contributed by atoms with E-state index in [-0.39, 0.29) is 41.9 Å². The van der Waals surface area contributed by atoms with Crippen LogP contribution in [-0.2, 0) is 11.2 Å². The van der Waals surface area contributed by atoms with Crippen LogP contribution in [0.25, 0.3) is 0 Å². The van der Waals surface area contributed by atoms with Gasteiger partial charge in [-0.2, -0.15) is 0 Å². The summed E-state index contributed by atoms with van der Waals surface area (Å²) in [4.78, 5) is 58.9. The van der Waals surface area contributed by atoms with Crippen LogP contribution in [0.3, 0.4) is 0 Å². The number of fused-ring (bicyclic) bond motifs is 1. The Bertz CT molecular complexity index is 1110. The fourth-order valence-corrected chi connectivity index (χ4v) is 6.80. The van der Waals surface area contributed by atoms with Crippen molar-refractivity contribution in [3.8, 4) is 0 Å². The fourth-order valence-electron chi connectivity index (χ4n) is 3.38. The Morgan fingerprint density at radius 3 is 1.69 bits per heavy atom. The molecule has 3 aliphatic heterocycles. The number of nitrogens with two attached hydrogens (primary N) is 3. The number of Topliss-reactive ketones (excluding diaryl/α,β-unsaturated/α-hetero) is 1. The minimum absolute atomic E-state index is 0. The second-order valence-corrected chi connectivity index (χ2v) is 29.4. The number of allylic oxidation sites excluding steroid dienone is 2. The molecule has 252 valence electrons. The monoisotopic (exact) mass is 994 g/mol. The maximum Gasteiger partial charge on any atom is 0.309 e. The molecule has 1 aromatic rings. The van der Waals surface area contributed by atoms with Gasteiger partial charge in [-0.3, -0.25) is 14.6 Å². The Balaban J connectivity index is -0.000000103. The summed E-state index contributed by atoms with van der Waals surface area (Å²) in [6.45, 7) is 10.2. The standard InChI is InChI=1S/C7H8N2O2S.C7H12N2OS.C6H10OS.CH4N2O.4CH4.I3.H2/c1-3-2-4-5(12-3)6(10)9-7(11)8-4;1-4-3-6(5(2)11-4)9-7(8)10;1-4-3-6(7)5(2)8-4;2-1(3)4;;;;;1-3-2;/h3H,2H2,1H3,(H2,8,9,10,11);4H,3H2,1-2H3,(H3,8,9,10);4-5H,3H2,1-2H3;(H4,2,3,4);4*1H4;;1H/q;;;;;;;;-1;/i;;;;;;;;;1+1. The third kappa shape index (κ3) is 22.4. The first kappa shape index (κ1) is 51.4. The molecule has 4 atom stereocenters. The number of halogens is 3. The number of hydrogen-bond acceptors (Lipinski definition) is 8. The van der Waals surface area contributed by atoms with Crippen LogP contribution in [0.2, 0.25) is 0 Å². The molecule has 4 amide bonds. The summed E-state index contributed by atoms with van der Waals surface area (Å²) in [5, 5.41) is 4.41. The maximum atomic E-state index is 11.2. The van der Waals surface area contributed by atoms with Gasteiger partial charge in [-0.1, -0.05) is 50.5 Å². The topological polar surface area (TPSA) is 207 Å². The summed E-state index contributed by atoms with van der Waals surface area (Å²) in [5.74, 6) is 0.419. The number of hydrogen-bond donors (Lipinski definition) is 6. The first-order valence-electron chi connectivity index (χ1n) is 11.2. The molecule has 4 heterocycles. The van der Waals surface area contributed by atoms with E-state index in [2.05, 4.69) is 77.8 Å². The summed E-state index contributed by atoms with van der Waals surface area (Å²) < 4.78 is 0. The molecule has 0 spiro atoms. The molecule has 1 fully saturated rings. The number of H-pyrrole nitrogens is 2. The molecule has 0 radical (unpaired) electrons. The molecule has 1 aromatic heterocycles. The Hall–Kier alpha value is -0.130. The van der Waals surface area contributed by atoms with Crippen molar-refractivity contribution in [2.45, 2.75) is 109 Å². The maximum absolute atomic E-state index is 11.2. The minimum Gasteiger partial charge on any atom is -0.352 e. The summed E-state index contributed by atoms with van der Waals surface area (Å²) in [5.41, 5.74) is 14.6. The minimum atomic E-state index is -0.833. The van der Waals surface area contributed by atoms with Gasteiger partial charge in [-0.05, 0) is 13.8 Å². The van der Waals surface area contributed by atoms with Crippen molar-refractivity contribution in [3.05, 3.63) is 37.1 Å². The molecule has 9 N–H and O–H groups in total. The number of ketones is 1. The number of thioether (sulfide) groups is 3. The van der Waals surface area contributed by atoms with Gasteiger partial charge in [-0.15, -0.1) is 35.3 Å². The molecule has 3 aliphatic rings. The number of aromatic nitrogens is 2. The average molecular weight is 995 g/mol. The molecule has 0 bridgehead atoms. The summed E-state index contributed by atoms with van der Waals surface area (Å²) >= 11 is 10.4. The number of urea groups is 2. The van der Waals surface area contributed by atoms with Crippen LogP contribution in [0.5, 0.6) is 0 Å². The van der Waals surface area contributed by atoms with Gasteiger partial charge in [0, 0.05) is 52.7 Å². The number of amides is 4. The SMILES string of the molecule is C.C.C.C.CC1=C(NC(N)=O)CC(C)S1.CC1CC(=O)C(C)S1.CC1Cc2[nH]c(=O)[nH]c(=O)c2S1.I[I-]I.NC(N)=O.[2HH]. The van der Waals surface area contributed by atoms with Gasteiger partial charge in [0.25, 0.3) is 5.56 Å². The van der Waals surface area contributed by atoms with Crippen molar-refractivity contribution < 1.29 is 29.1 Å². The largest absolute Gasteiger partial charge is 0.352 e. The predicted molar refractivity (Wildman–Crippen MR) is 201 cm³/mol. The van der Waals surface area contributed by atoms with Crippen molar-refractivity contribution in [3.63, 3.8) is 0 Å². The van der Waals surface area contributed by atoms with E-state index in [1.165, 1.54) is 16.7 Å². The van der Waals surface area contributed by atoms with E-state index >= 15 is 0 Å². The number of carbonyl (C=O) groups is 3. The first-order valence-corrected chi connectivity index (χ1v) is 26.4. The Morgan fingerprint density at radius 1 is 0.881 bits per heavy atom. The Morgan fingerprint density at radius 2 is 1.36 bits per heavy atom. The van der Waals surface area contributed by atoms with Crippen molar-refractivity contribution in [2.75, 3.05) is 0 Å². The molecule has 0 aromatic carbocycles. The third-order valence-electron chi connectivity index (χ3n) is 4.73. The molecular weight excluding hydrogens is 941 g/mol. The zero-order valence-corrected chi connectivity index (χ0v) is 30.5. The number of carbonyl (C=O) groups excluding carboxylic acids is 3. The second kappa shape index (κ2) is 27.2. The van der Waals surface area contributed by atoms with Crippen LogP contribution >= 0.6 is 72.5 Å². The predicted octanol–water partition coefficient (Wildman–Crippen LogP) is 3.57. The van der Waals surface area contributed by atoms with E-state index < -0.39 is 17.8 Å². The average Bonchev–Trinajstić information content (AvgIpc) is 3.38. The molecule has 4 rings (SSSR count). The van der Waals surface area contributed by atoms with Crippen molar-refractivity contribution in [1.29, 1.82) is 0 Å². The fraction of sp³-hybridized carbons (Fsp3) is 0.640. The van der Waals surface area contributed by atoms with E-state index in [0.29, 0.717) is 39.7 Å². The Labute approximate surface area is 295 Å². The Kier molecular flexibility index (Phi) is 33.3. The number of primary amides is 3. The smallest absolute Gasteiger partial charge is 0.309 e. The van der Waals surface area contributed by atoms with Crippen molar-refractivity contribution in [2.24, 2.45) is 17.2 Å². The first-order chi connectivity index (χ1) is 17.6. The van der Waals surface area contributed by atoms with Crippen LogP contribution in [0.1, 0.15) is 84.3 Å². The van der Waals surface area contributed by atoms with E-state index in [0.717, 1.165) is 30.7 Å². The van der Waals surface area contributed by atoms with Crippen molar-refractivity contribution >= 4 is 90.4 Å². The van der Waals surface area contributed by atoms with Crippen molar-refractivity contribution in [1.82, 2.24) is 15.3 Å². The third-order valence-corrected chi connectivity index (χ3v) is 8.44. The van der Waals surface area contributed by atoms with Crippen LogP contribution in [0.4, 0.5) is 9.59 Å². The van der Waals surface area contributed by atoms with Crippen LogP contribution in [-0.4, -0.2) is 48.8 Å². The van der Waals surface area contributed by atoms with Gasteiger partial charge in [-0.25, -0.2) is 14.4 Å². The zero-order valence-electron chi connectivity index (χ0n) is 21.6. The van der Waals surface area contributed by atoms with E-state index in [9.17, 15) is 19.2 Å². The van der Waals surface area contributed by atoms with E-state index in [4.69, 9.17) is 10.5 Å². The van der Waals surface area contributed by atoms with E-state index in [1.807, 2.05) is 20.8 Å². The number of nitrogens with one attached hydrogen (secondary N) is 3. The van der Waals surface area contributed by atoms with Crippen LogP contribution < -0.4 is 47.0 Å². The van der Waals surface area contributed by atoms with E-state index in [1.54, 1.807) is 23.5 Å². The normalized spacial score (nSPS) is 20.7.